The molecule has 3 aromatic carbocycles. The molecule has 1 heterocycles. The molecule has 0 unspecified atom stereocenters. The lowest BCUT2D eigenvalue weighted by molar-refractivity contribution is 0.358. The number of hydrogen-bond acceptors (Lipinski definition) is 4. The van der Waals surface area contributed by atoms with Crippen molar-refractivity contribution in [3.8, 4) is 0 Å². The molecule has 1 aromatic heterocycles. The second kappa shape index (κ2) is 7.20. The lowest BCUT2D eigenvalue weighted by atomic mass is 10.1. The van der Waals surface area contributed by atoms with Crippen LogP contribution in [-0.2, 0) is 10.0 Å². The van der Waals surface area contributed by atoms with E-state index in [1.807, 2.05) is 0 Å². The van der Waals surface area contributed by atoms with Gasteiger partial charge in [-0.15, -0.1) is 0 Å². The second-order valence-corrected chi connectivity index (χ2v) is 8.31. The zero-order valence-electron chi connectivity index (χ0n) is 14.8. The van der Waals surface area contributed by atoms with Crippen LogP contribution in [0.3, 0.4) is 0 Å². The average Bonchev–Trinajstić information content (AvgIpc) is 2.71. The van der Waals surface area contributed by atoms with E-state index in [0.29, 0.717) is 0 Å². The van der Waals surface area contributed by atoms with Crippen molar-refractivity contribution < 1.29 is 34.8 Å². The van der Waals surface area contributed by atoms with Gasteiger partial charge in [0.25, 0.3) is 10.0 Å². The molecule has 12 heteroatoms. The topological polar surface area (TPSA) is 76.4 Å². The van der Waals surface area contributed by atoms with Crippen LogP contribution in [-0.4, -0.2) is 8.42 Å². The first-order chi connectivity index (χ1) is 14.5. The van der Waals surface area contributed by atoms with E-state index in [0.717, 1.165) is 6.07 Å². The third-order valence-electron chi connectivity index (χ3n) is 4.34. The Hall–Kier alpha value is -3.18. The van der Waals surface area contributed by atoms with Crippen LogP contribution in [0.1, 0.15) is 0 Å². The Morgan fingerprint density at radius 1 is 0.839 bits per heavy atom. The maximum atomic E-state index is 14.0. The van der Waals surface area contributed by atoms with Gasteiger partial charge in [-0.05, 0) is 24.3 Å². The number of halogens is 6. The van der Waals surface area contributed by atoms with Crippen LogP contribution in [0.5, 0.6) is 0 Å². The van der Waals surface area contributed by atoms with Gasteiger partial charge in [0.15, 0.2) is 33.7 Å². The third-order valence-corrected chi connectivity index (χ3v) is 5.96. The average molecular weight is 476 g/mol. The van der Waals surface area contributed by atoms with Crippen molar-refractivity contribution in [1.82, 2.24) is 0 Å². The first kappa shape index (κ1) is 21.1. The van der Waals surface area contributed by atoms with Gasteiger partial charge < -0.3 is 4.42 Å². The van der Waals surface area contributed by atoms with Crippen molar-refractivity contribution in [1.29, 1.82) is 0 Å². The van der Waals surface area contributed by atoms with Crippen LogP contribution < -0.4 is 10.2 Å². The largest absolute Gasteiger partial charge is 0.454 e. The fourth-order valence-electron chi connectivity index (χ4n) is 2.95. The Balaban J connectivity index is 1.96. The standard InChI is InChI=1S/C19H7ClF5NO4S/c20-7-4-5-8-11(6-7)30-18-9(17(8)27)2-1-3-10(18)26-31(28,29)19-15(24)13(22)12(21)14(23)16(19)25/h1-6,26H. The lowest BCUT2D eigenvalue weighted by Gasteiger charge is -2.13. The molecular formula is C19H7ClF5NO4S. The maximum absolute atomic E-state index is 14.0. The summed E-state index contributed by atoms with van der Waals surface area (Å²) in [5.74, 6) is -12.4. The molecule has 4 aromatic rings. The lowest BCUT2D eigenvalue weighted by Crippen LogP contribution is -2.20. The minimum absolute atomic E-state index is 0.0205. The highest BCUT2D eigenvalue weighted by molar-refractivity contribution is 7.92. The van der Waals surface area contributed by atoms with Crippen LogP contribution in [0, 0.1) is 29.1 Å². The fraction of sp³-hybridized carbons (Fsp3) is 0. The van der Waals surface area contributed by atoms with Crippen LogP contribution in [0.25, 0.3) is 21.9 Å². The molecule has 0 fully saturated rings. The van der Waals surface area contributed by atoms with E-state index in [1.165, 1.54) is 30.3 Å². The molecule has 0 amide bonds. The molecule has 0 atom stereocenters. The van der Waals surface area contributed by atoms with Crippen molar-refractivity contribution in [2.45, 2.75) is 4.90 Å². The molecule has 0 aliphatic rings. The Morgan fingerprint density at radius 2 is 1.45 bits per heavy atom. The summed E-state index contributed by atoms with van der Waals surface area (Å²) in [4.78, 5) is 10.6. The maximum Gasteiger partial charge on any atom is 0.268 e. The van der Waals surface area contributed by atoms with Gasteiger partial charge in [0.2, 0.25) is 11.2 Å². The van der Waals surface area contributed by atoms with E-state index in [4.69, 9.17) is 16.0 Å². The van der Waals surface area contributed by atoms with Crippen molar-refractivity contribution in [3.63, 3.8) is 0 Å². The molecule has 0 aliphatic heterocycles. The summed E-state index contributed by atoms with van der Waals surface area (Å²) >= 11 is 5.87. The van der Waals surface area contributed by atoms with Crippen molar-refractivity contribution in [2.24, 2.45) is 0 Å². The molecule has 5 nitrogen and oxygen atoms in total. The monoisotopic (exact) mass is 475 g/mol. The van der Waals surface area contributed by atoms with E-state index in [9.17, 15) is 35.2 Å². The van der Waals surface area contributed by atoms with Gasteiger partial charge >= 0.3 is 0 Å². The quantitative estimate of drug-likeness (QED) is 0.194. The molecule has 0 saturated heterocycles. The minimum Gasteiger partial charge on any atom is -0.454 e. The molecule has 0 radical (unpaired) electrons. The molecule has 160 valence electrons. The Morgan fingerprint density at radius 3 is 2.10 bits per heavy atom. The van der Waals surface area contributed by atoms with Crippen molar-refractivity contribution >= 4 is 49.3 Å². The van der Waals surface area contributed by atoms with Gasteiger partial charge in [-0.1, -0.05) is 17.7 Å². The summed E-state index contributed by atoms with van der Waals surface area (Å²) in [5.41, 5.74) is -1.40. The van der Waals surface area contributed by atoms with Gasteiger partial charge in [-0.2, -0.15) is 0 Å². The number of rotatable bonds is 3. The highest BCUT2D eigenvalue weighted by Crippen LogP contribution is 2.31. The van der Waals surface area contributed by atoms with Crippen molar-refractivity contribution in [2.75, 3.05) is 4.72 Å². The summed E-state index contributed by atoms with van der Waals surface area (Å²) < 4.78 is 100. The Labute approximate surface area is 174 Å². The molecular weight excluding hydrogens is 469 g/mol. The van der Waals surface area contributed by atoms with Crippen molar-refractivity contribution in [3.05, 3.63) is 80.7 Å². The predicted molar refractivity (Wildman–Crippen MR) is 102 cm³/mol. The Kier molecular flexibility index (Phi) is 4.90. The van der Waals surface area contributed by atoms with Gasteiger partial charge in [-0.25, -0.2) is 30.4 Å². The summed E-state index contributed by atoms with van der Waals surface area (Å²) in [6, 6.07) is 7.71. The molecule has 0 spiro atoms. The molecule has 0 bridgehead atoms. The van der Waals surface area contributed by atoms with Gasteiger partial charge in [0, 0.05) is 11.1 Å². The molecule has 0 aliphatic carbocycles. The van der Waals surface area contributed by atoms with E-state index < -0.39 is 55.1 Å². The Bertz CT molecular complexity index is 1540. The number of fused-ring (bicyclic) bond motifs is 2. The first-order valence-electron chi connectivity index (χ1n) is 8.22. The van der Waals surface area contributed by atoms with E-state index in [-0.39, 0.29) is 27.0 Å². The van der Waals surface area contributed by atoms with Gasteiger partial charge in [-0.3, -0.25) is 9.52 Å². The zero-order valence-corrected chi connectivity index (χ0v) is 16.3. The van der Waals surface area contributed by atoms with Crippen LogP contribution in [0.2, 0.25) is 5.02 Å². The highest BCUT2D eigenvalue weighted by atomic mass is 35.5. The number of anilines is 1. The number of sulfonamides is 1. The number of para-hydroxylation sites is 1. The molecule has 4 rings (SSSR count). The minimum atomic E-state index is -5.34. The number of hydrogen-bond donors (Lipinski definition) is 1. The number of benzene rings is 3. The van der Waals surface area contributed by atoms with Crippen LogP contribution in [0.4, 0.5) is 27.6 Å². The second-order valence-electron chi connectivity index (χ2n) is 6.26. The predicted octanol–water partition coefficient (Wildman–Crippen LogP) is 5.10. The van der Waals surface area contributed by atoms with Crippen LogP contribution >= 0.6 is 11.6 Å². The molecule has 1 N–H and O–H groups in total. The summed E-state index contributed by atoms with van der Waals surface area (Å²) in [6.07, 6.45) is 0. The first-order valence-corrected chi connectivity index (χ1v) is 10.1. The zero-order chi connectivity index (χ0) is 22.7. The summed E-state index contributed by atoms with van der Waals surface area (Å²) in [7, 11) is -5.34. The smallest absolute Gasteiger partial charge is 0.268 e. The van der Waals surface area contributed by atoms with E-state index in [1.54, 1.807) is 4.72 Å². The van der Waals surface area contributed by atoms with Gasteiger partial charge in [0.1, 0.15) is 5.58 Å². The summed E-state index contributed by atoms with van der Waals surface area (Å²) in [5, 5.41) is 0.221. The highest BCUT2D eigenvalue weighted by Gasteiger charge is 2.34. The van der Waals surface area contributed by atoms with E-state index in [2.05, 4.69) is 0 Å². The third kappa shape index (κ3) is 3.29. The van der Waals surface area contributed by atoms with Crippen LogP contribution in [0.15, 0.2) is 50.5 Å². The molecule has 0 saturated carbocycles. The molecule has 31 heavy (non-hydrogen) atoms. The van der Waals surface area contributed by atoms with Gasteiger partial charge in [0.05, 0.1) is 16.5 Å². The summed E-state index contributed by atoms with van der Waals surface area (Å²) in [6.45, 7) is 0. The fourth-order valence-corrected chi connectivity index (χ4v) is 4.31. The SMILES string of the molecule is O=c1c2ccc(Cl)cc2oc2c(NS(=O)(=O)c3c(F)c(F)c(F)c(F)c3F)cccc12. The van der Waals surface area contributed by atoms with E-state index >= 15 is 0 Å². The number of nitrogens with one attached hydrogen (secondary N) is 1. The normalized spacial score (nSPS) is 11.9.